The number of hydrogen-bond acceptors (Lipinski definition) is 4. The number of piperidine rings is 1. The third-order valence-electron chi connectivity index (χ3n) is 6.03. The molecule has 1 atom stereocenters. The second-order valence-corrected chi connectivity index (χ2v) is 11.9. The van der Waals surface area contributed by atoms with Crippen molar-refractivity contribution in [3.63, 3.8) is 0 Å². The van der Waals surface area contributed by atoms with Gasteiger partial charge in [-0.1, -0.05) is 53.0 Å². The maximum atomic E-state index is 13.5. The zero-order chi connectivity index (χ0) is 24.9. The predicted molar refractivity (Wildman–Crippen MR) is 139 cm³/mol. The molecule has 1 heterocycles. The average Bonchev–Trinajstić information content (AvgIpc) is 2.76. The highest BCUT2D eigenvalue weighted by atomic mass is 35.5. The van der Waals surface area contributed by atoms with E-state index in [-0.39, 0.29) is 17.9 Å². The van der Waals surface area contributed by atoms with E-state index in [9.17, 15) is 13.2 Å². The van der Waals surface area contributed by atoms with Gasteiger partial charge in [0.25, 0.3) is 0 Å². The number of carbonyl (C=O) groups excluding carboxylic acids is 1. The minimum atomic E-state index is -3.21. The van der Waals surface area contributed by atoms with Crippen molar-refractivity contribution in [2.45, 2.75) is 37.8 Å². The first-order chi connectivity index (χ1) is 16.0. The molecular weight excluding hydrogens is 517 g/mol. The topological polar surface area (TPSA) is 69.7 Å². The van der Waals surface area contributed by atoms with Gasteiger partial charge in [-0.05, 0) is 74.3 Å². The van der Waals surface area contributed by atoms with Gasteiger partial charge >= 0.3 is 0 Å². The van der Waals surface area contributed by atoms with E-state index in [1.165, 1.54) is 6.26 Å². The van der Waals surface area contributed by atoms with Crippen LogP contribution in [0.4, 0.5) is 0 Å². The lowest BCUT2D eigenvalue weighted by Gasteiger charge is -2.33. The van der Waals surface area contributed by atoms with Crippen LogP contribution in [0.2, 0.25) is 15.1 Å². The Kier molecular flexibility index (Phi) is 9.66. The van der Waals surface area contributed by atoms with Gasteiger partial charge in [0.15, 0.2) is 0 Å². The summed E-state index contributed by atoms with van der Waals surface area (Å²) in [5.41, 5.74) is 1.78. The molecule has 10 heteroatoms. The third kappa shape index (κ3) is 8.11. The molecule has 2 aromatic carbocycles. The van der Waals surface area contributed by atoms with E-state index in [2.05, 4.69) is 9.62 Å². The Labute approximate surface area is 217 Å². The molecule has 3 rings (SSSR count). The van der Waals surface area contributed by atoms with Gasteiger partial charge in [-0.25, -0.2) is 13.1 Å². The van der Waals surface area contributed by atoms with E-state index in [1.54, 1.807) is 30.1 Å². The number of benzene rings is 2. The lowest BCUT2D eigenvalue weighted by molar-refractivity contribution is -0.132. The van der Waals surface area contributed by atoms with Crippen LogP contribution < -0.4 is 4.72 Å². The molecule has 2 aromatic rings. The van der Waals surface area contributed by atoms with Crippen LogP contribution in [0.3, 0.4) is 0 Å². The summed E-state index contributed by atoms with van der Waals surface area (Å²) < 4.78 is 25.7. The number of rotatable bonds is 9. The molecule has 1 aliphatic rings. The second kappa shape index (κ2) is 12.1. The summed E-state index contributed by atoms with van der Waals surface area (Å²) in [5.74, 6) is -0.391. The molecule has 0 aliphatic carbocycles. The zero-order valence-corrected chi connectivity index (χ0v) is 22.4. The average molecular weight is 547 g/mol. The molecule has 1 aliphatic heterocycles. The Balaban J connectivity index is 1.69. The number of hydrogen-bond donors (Lipinski definition) is 1. The summed E-state index contributed by atoms with van der Waals surface area (Å²) in [7, 11) is -1.42. The molecule has 6 nitrogen and oxygen atoms in total. The molecule has 0 radical (unpaired) electrons. The fourth-order valence-electron chi connectivity index (χ4n) is 4.30. The Morgan fingerprint density at radius 1 is 1.12 bits per heavy atom. The fourth-order valence-corrected chi connectivity index (χ4v) is 5.66. The molecule has 1 saturated heterocycles. The molecule has 0 bridgehead atoms. The van der Waals surface area contributed by atoms with Crippen LogP contribution in [0.1, 0.15) is 36.3 Å². The summed E-state index contributed by atoms with van der Waals surface area (Å²) in [6, 6.07) is 12.8. The van der Waals surface area contributed by atoms with Crippen molar-refractivity contribution in [3.8, 4) is 0 Å². The summed E-state index contributed by atoms with van der Waals surface area (Å²) in [6.07, 6.45) is 3.29. The van der Waals surface area contributed by atoms with E-state index in [1.807, 2.05) is 24.3 Å². The number of nitrogens with zero attached hydrogens (tertiary/aromatic N) is 2. The molecular formula is C24H30Cl3N3O3S. The van der Waals surface area contributed by atoms with Crippen molar-refractivity contribution in [2.24, 2.45) is 0 Å². The largest absolute Gasteiger partial charge is 0.341 e. The van der Waals surface area contributed by atoms with E-state index >= 15 is 0 Å². The molecule has 34 heavy (non-hydrogen) atoms. The molecule has 0 aromatic heterocycles. The highest BCUT2D eigenvalue weighted by molar-refractivity contribution is 7.88. The summed E-state index contributed by atoms with van der Waals surface area (Å²) in [4.78, 5) is 17.5. The van der Waals surface area contributed by atoms with Gasteiger partial charge in [0.1, 0.15) is 0 Å². The number of likely N-dealkylation sites (N-methyl/N-ethyl adjacent to an activating group) is 1. The lowest BCUT2D eigenvalue weighted by Crippen LogP contribution is -2.45. The number of halogens is 3. The van der Waals surface area contributed by atoms with Crippen LogP contribution in [0.5, 0.6) is 0 Å². The minimum absolute atomic E-state index is 0.00741. The SMILES string of the molecule is CN(Cc1cccc(Cl)c1)C(=O)C(CCN1CCC(NS(C)(=O)=O)CC1)c1ccc(Cl)c(Cl)c1. The molecule has 1 unspecified atom stereocenters. The molecule has 186 valence electrons. The summed E-state index contributed by atoms with van der Waals surface area (Å²) >= 11 is 18.5. The van der Waals surface area contributed by atoms with E-state index in [0.29, 0.717) is 34.6 Å². The minimum Gasteiger partial charge on any atom is -0.341 e. The van der Waals surface area contributed by atoms with Crippen molar-refractivity contribution in [1.82, 2.24) is 14.5 Å². The number of sulfonamides is 1. The Bertz CT molecular complexity index is 1110. The van der Waals surface area contributed by atoms with Crippen LogP contribution in [0, 0.1) is 0 Å². The number of likely N-dealkylation sites (tertiary alicyclic amines) is 1. The quantitative estimate of drug-likeness (QED) is 0.491. The third-order valence-corrected chi connectivity index (χ3v) is 7.77. The summed E-state index contributed by atoms with van der Waals surface area (Å²) in [5, 5.41) is 1.50. The molecule has 1 amide bonds. The Morgan fingerprint density at radius 2 is 1.82 bits per heavy atom. The van der Waals surface area contributed by atoms with Gasteiger partial charge in [0.05, 0.1) is 22.2 Å². The van der Waals surface area contributed by atoms with Crippen LogP contribution in [0.25, 0.3) is 0 Å². The van der Waals surface area contributed by atoms with E-state index in [4.69, 9.17) is 34.8 Å². The predicted octanol–water partition coefficient (Wildman–Crippen LogP) is 4.79. The monoisotopic (exact) mass is 545 g/mol. The number of nitrogens with one attached hydrogen (secondary N) is 1. The molecule has 0 saturated carbocycles. The molecule has 0 spiro atoms. The van der Waals surface area contributed by atoms with Gasteiger partial charge in [0, 0.05) is 24.7 Å². The summed E-state index contributed by atoms with van der Waals surface area (Å²) in [6.45, 7) is 2.70. The van der Waals surface area contributed by atoms with E-state index in [0.717, 1.165) is 37.1 Å². The smallest absolute Gasteiger partial charge is 0.230 e. The first-order valence-electron chi connectivity index (χ1n) is 11.2. The Hall–Kier alpha value is -1.35. The van der Waals surface area contributed by atoms with Crippen LogP contribution in [-0.2, 0) is 21.4 Å². The van der Waals surface area contributed by atoms with Gasteiger partial charge < -0.3 is 9.80 Å². The molecule has 1 N–H and O–H groups in total. The van der Waals surface area contributed by atoms with Crippen molar-refractivity contribution in [2.75, 3.05) is 32.9 Å². The fraction of sp³-hybridized carbons (Fsp3) is 0.458. The van der Waals surface area contributed by atoms with Gasteiger partial charge in [-0.2, -0.15) is 0 Å². The van der Waals surface area contributed by atoms with E-state index < -0.39 is 10.0 Å². The standard InChI is InChI=1S/C24H30Cl3N3O3S/c1-29(16-17-4-3-5-19(25)14-17)24(31)21(18-6-7-22(26)23(27)15-18)10-13-30-11-8-20(9-12-30)28-34(2,32)33/h3-7,14-15,20-21,28H,8-13,16H2,1-2H3. The maximum absolute atomic E-state index is 13.5. The first kappa shape index (κ1) is 27.2. The van der Waals surface area contributed by atoms with Gasteiger partial charge in [-0.15, -0.1) is 0 Å². The van der Waals surface area contributed by atoms with Gasteiger partial charge in [0.2, 0.25) is 15.9 Å². The first-order valence-corrected chi connectivity index (χ1v) is 14.2. The Morgan fingerprint density at radius 3 is 2.44 bits per heavy atom. The van der Waals surface area contributed by atoms with Crippen molar-refractivity contribution >= 4 is 50.7 Å². The van der Waals surface area contributed by atoms with Crippen LogP contribution in [-0.4, -0.2) is 63.1 Å². The second-order valence-electron chi connectivity index (χ2n) is 8.84. The highest BCUT2D eigenvalue weighted by Crippen LogP contribution is 2.30. The maximum Gasteiger partial charge on any atom is 0.230 e. The zero-order valence-electron chi connectivity index (χ0n) is 19.3. The van der Waals surface area contributed by atoms with Gasteiger partial charge in [-0.3, -0.25) is 4.79 Å². The normalized spacial score (nSPS) is 16.4. The highest BCUT2D eigenvalue weighted by Gasteiger charge is 2.27. The number of amides is 1. The van der Waals surface area contributed by atoms with Crippen molar-refractivity contribution in [1.29, 1.82) is 0 Å². The van der Waals surface area contributed by atoms with Crippen molar-refractivity contribution < 1.29 is 13.2 Å². The van der Waals surface area contributed by atoms with Crippen LogP contribution >= 0.6 is 34.8 Å². The molecule has 1 fully saturated rings. The lowest BCUT2D eigenvalue weighted by atomic mass is 9.93. The number of carbonyl (C=O) groups is 1. The van der Waals surface area contributed by atoms with Crippen molar-refractivity contribution in [3.05, 3.63) is 68.7 Å². The van der Waals surface area contributed by atoms with Crippen LogP contribution in [0.15, 0.2) is 42.5 Å².